The SMILES string of the molecule is CC(C)CC1CCCc2ccccc2C1Br. The fraction of sp³-hybridized carbons (Fsp3) is 0.600. The summed E-state index contributed by atoms with van der Waals surface area (Å²) < 4.78 is 0. The predicted octanol–water partition coefficient (Wildman–Crippen LogP) is 5.12. The smallest absolute Gasteiger partial charge is 0.0426 e. The summed E-state index contributed by atoms with van der Waals surface area (Å²) >= 11 is 3.93. The Balaban J connectivity index is 2.22. The maximum atomic E-state index is 3.93. The Labute approximate surface area is 108 Å². The molecule has 0 amide bonds. The van der Waals surface area contributed by atoms with E-state index in [-0.39, 0.29) is 0 Å². The van der Waals surface area contributed by atoms with Gasteiger partial charge in [-0.15, -0.1) is 0 Å². The van der Waals surface area contributed by atoms with E-state index < -0.39 is 0 Å². The first kappa shape index (κ1) is 12.2. The molecule has 88 valence electrons. The Hall–Kier alpha value is -0.300. The molecule has 0 bridgehead atoms. The largest absolute Gasteiger partial charge is 0.0836 e. The first-order valence-corrected chi connectivity index (χ1v) is 7.32. The van der Waals surface area contributed by atoms with Crippen LogP contribution in [0.4, 0.5) is 0 Å². The number of benzene rings is 1. The summed E-state index contributed by atoms with van der Waals surface area (Å²) in [6.07, 6.45) is 5.30. The van der Waals surface area contributed by atoms with Gasteiger partial charge in [0.05, 0.1) is 0 Å². The third-order valence-electron chi connectivity index (χ3n) is 3.56. The lowest BCUT2D eigenvalue weighted by Crippen LogP contribution is -2.09. The first-order valence-electron chi connectivity index (χ1n) is 6.40. The summed E-state index contributed by atoms with van der Waals surface area (Å²) in [7, 11) is 0. The Morgan fingerprint density at radius 1 is 1.31 bits per heavy atom. The highest BCUT2D eigenvalue weighted by Gasteiger charge is 2.25. The van der Waals surface area contributed by atoms with Gasteiger partial charge in [0.25, 0.3) is 0 Å². The van der Waals surface area contributed by atoms with E-state index in [0.717, 1.165) is 11.8 Å². The van der Waals surface area contributed by atoms with Crippen LogP contribution in [0.2, 0.25) is 0 Å². The van der Waals surface area contributed by atoms with Crippen LogP contribution in [0.5, 0.6) is 0 Å². The molecule has 1 aliphatic rings. The van der Waals surface area contributed by atoms with Crippen LogP contribution in [0.15, 0.2) is 24.3 Å². The molecule has 2 atom stereocenters. The molecule has 2 rings (SSSR count). The number of hydrogen-bond acceptors (Lipinski definition) is 0. The molecule has 2 unspecified atom stereocenters. The zero-order chi connectivity index (χ0) is 11.5. The van der Waals surface area contributed by atoms with Crippen LogP contribution in [0, 0.1) is 11.8 Å². The van der Waals surface area contributed by atoms with E-state index in [2.05, 4.69) is 54.0 Å². The average Bonchev–Trinajstić information content (AvgIpc) is 2.40. The van der Waals surface area contributed by atoms with Gasteiger partial charge < -0.3 is 0 Å². The van der Waals surface area contributed by atoms with E-state index in [1.54, 1.807) is 5.56 Å². The van der Waals surface area contributed by atoms with Crippen molar-refractivity contribution in [2.24, 2.45) is 11.8 Å². The van der Waals surface area contributed by atoms with Crippen LogP contribution in [0.25, 0.3) is 0 Å². The Kier molecular flexibility index (Phi) is 4.07. The lowest BCUT2D eigenvalue weighted by Gasteiger charge is -2.23. The fourth-order valence-electron chi connectivity index (χ4n) is 2.83. The number of halogens is 1. The molecule has 0 fully saturated rings. The van der Waals surface area contributed by atoms with Crippen LogP contribution in [-0.4, -0.2) is 0 Å². The quantitative estimate of drug-likeness (QED) is 0.521. The van der Waals surface area contributed by atoms with Gasteiger partial charge >= 0.3 is 0 Å². The summed E-state index contributed by atoms with van der Waals surface area (Å²) in [6, 6.07) is 8.93. The van der Waals surface area contributed by atoms with E-state index in [9.17, 15) is 0 Å². The van der Waals surface area contributed by atoms with Gasteiger partial charge in [-0.2, -0.15) is 0 Å². The average molecular weight is 281 g/mol. The van der Waals surface area contributed by atoms with Crippen LogP contribution in [0.1, 0.15) is 49.1 Å². The fourth-order valence-corrected chi connectivity index (χ4v) is 3.76. The minimum absolute atomic E-state index is 0.564. The minimum Gasteiger partial charge on any atom is -0.0836 e. The molecule has 0 nitrogen and oxygen atoms in total. The van der Waals surface area contributed by atoms with Gasteiger partial charge in [-0.05, 0) is 48.6 Å². The monoisotopic (exact) mass is 280 g/mol. The van der Waals surface area contributed by atoms with Gasteiger partial charge in [0.2, 0.25) is 0 Å². The molecular weight excluding hydrogens is 260 g/mol. The lowest BCUT2D eigenvalue weighted by atomic mass is 9.89. The topological polar surface area (TPSA) is 0 Å². The van der Waals surface area contributed by atoms with Crippen molar-refractivity contribution >= 4 is 15.9 Å². The molecule has 1 aromatic rings. The van der Waals surface area contributed by atoms with Crippen molar-refractivity contribution in [1.29, 1.82) is 0 Å². The molecule has 0 saturated carbocycles. The number of fused-ring (bicyclic) bond motifs is 1. The van der Waals surface area contributed by atoms with Crippen molar-refractivity contribution in [3.05, 3.63) is 35.4 Å². The molecule has 0 saturated heterocycles. The molecule has 0 aliphatic heterocycles. The minimum atomic E-state index is 0.564. The van der Waals surface area contributed by atoms with E-state index >= 15 is 0 Å². The molecule has 0 spiro atoms. The van der Waals surface area contributed by atoms with E-state index in [4.69, 9.17) is 0 Å². The van der Waals surface area contributed by atoms with Gasteiger partial charge in [-0.1, -0.05) is 54.0 Å². The van der Waals surface area contributed by atoms with Crippen molar-refractivity contribution in [2.45, 2.75) is 44.4 Å². The molecule has 1 heteroatoms. The van der Waals surface area contributed by atoms with Gasteiger partial charge in [0.15, 0.2) is 0 Å². The van der Waals surface area contributed by atoms with Crippen molar-refractivity contribution in [2.75, 3.05) is 0 Å². The van der Waals surface area contributed by atoms with Crippen molar-refractivity contribution in [3.8, 4) is 0 Å². The zero-order valence-electron chi connectivity index (χ0n) is 10.2. The molecule has 0 N–H and O–H groups in total. The summed E-state index contributed by atoms with van der Waals surface area (Å²) in [5.74, 6) is 1.61. The van der Waals surface area contributed by atoms with Crippen molar-refractivity contribution in [3.63, 3.8) is 0 Å². The van der Waals surface area contributed by atoms with Crippen LogP contribution >= 0.6 is 15.9 Å². The molecule has 0 heterocycles. The van der Waals surface area contributed by atoms with E-state index in [0.29, 0.717) is 4.83 Å². The molecule has 1 aromatic carbocycles. The summed E-state index contributed by atoms with van der Waals surface area (Å²) in [5.41, 5.74) is 3.08. The highest BCUT2D eigenvalue weighted by molar-refractivity contribution is 9.09. The summed E-state index contributed by atoms with van der Waals surface area (Å²) in [4.78, 5) is 0.564. The third kappa shape index (κ3) is 2.68. The second-order valence-corrected chi connectivity index (χ2v) is 6.37. The number of hydrogen-bond donors (Lipinski definition) is 0. The normalized spacial score (nSPS) is 25.2. The van der Waals surface area contributed by atoms with Crippen molar-refractivity contribution in [1.82, 2.24) is 0 Å². The Morgan fingerprint density at radius 2 is 2.06 bits per heavy atom. The predicted molar refractivity (Wildman–Crippen MR) is 74.0 cm³/mol. The van der Waals surface area contributed by atoms with E-state index in [1.807, 2.05) is 0 Å². The molecule has 16 heavy (non-hydrogen) atoms. The summed E-state index contributed by atoms with van der Waals surface area (Å²) in [5, 5.41) is 0. The Morgan fingerprint density at radius 3 is 2.81 bits per heavy atom. The first-order chi connectivity index (χ1) is 7.68. The molecule has 0 radical (unpaired) electrons. The maximum absolute atomic E-state index is 3.93. The number of rotatable bonds is 2. The molecule has 1 aliphatic carbocycles. The lowest BCUT2D eigenvalue weighted by molar-refractivity contribution is 0.381. The van der Waals surface area contributed by atoms with Crippen LogP contribution in [0.3, 0.4) is 0 Å². The second-order valence-electron chi connectivity index (χ2n) is 5.38. The number of aryl methyl sites for hydroxylation is 1. The highest BCUT2D eigenvalue weighted by atomic mass is 79.9. The van der Waals surface area contributed by atoms with Gasteiger partial charge in [0, 0.05) is 4.83 Å². The highest BCUT2D eigenvalue weighted by Crippen LogP contribution is 2.41. The van der Waals surface area contributed by atoms with Crippen LogP contribution in [-0.2, 0) is 6.42 Å². The van der Waals surface area contributed by atoms with Gasteiger partial charge in [-0.25, -0.2) is 0 Å². The number of alkyl halides is 1. The standard InChI is InChI=1S/C15H21Br/c1-11(2)10-13-8-5-7-12-6-3-4-9-14(12)15(13)16/h3-4,6,9,11,13,15H,5,7-8,10H2,1-2H3. The summed E-state index contributed by atoms with van der Waals surface area (Å²) in [6.45, 7) is 4.66. The van der Waals surface area contributed by atoms with Gasteiger partial charge in [-0.3, -0.25) is 0 Å². The Bertz CT molecular complexity index is 343. The maximum Gasteiger partial charge on any atom is 0.0426 e. The van der Waals surface area contributed by atoms with E-state index in [1.165, 1.54) is 31.2 Å². The second kappa shape index (κ2) is 5.35. The zero-order valence-corrected chi connectivity index (χ0v) is 11.8. The molecular formula is C15H21Br. The van der Waals surface area contributed by atoms with Gasteiger partial charge in [0.1, 0.15) is 0 Å². The van der Waals surface area contributed by atoms with Crippen LogP contribution < -0.4 is 0 Å². The third-order valence-corrected chi connectivity index (χ3v) is 4.80. The molecule has 0 aromatic heterocycles. The van der Waals surface area contributed by atoms with Crippen molar-refractivity contribution < 1.29 is 0 Å².